The largest absolute Gasteiger partial charge is 0.356 e. The minimum absolute atomic E-state index is 0.194. The topological polar surface area (TPSA) is 30.9 Å². The van der Waals surface area contributed by atoms with Crippen molar-refractivity contribution in [2.24, 2.45) is 10.9 Å². The Labute approximate surface area is 152 Å². The van der Waals surface area contributed by atoms with Gasteiger partial charge in [-0.15, -0.1) is 0 Å². The summed E-state index contributed by atoms with van der Waals surface area (Å²) in [7, 11) is 3.77. The Balaban J connectivity index is 1.65. The molecule has 1 saturated heterocycles. The zero-order chi connectivity index (χ0) is 18.1. The molecule has 0 saturated carbocycles. The highest BCUT2D eigenvalue weighted by atomic mass is 19.1. The smallest absolute Gasteiger partial charge is 0.193 e. The van der Waals surface area contributed by atoms with Crippen molar-refractivity contribution in [3.63, 3.8) is 0 Å². The van der Waals surface area contributed by atoms with Gasteiger partial charge >= 0.3 is 0 Å². The van der Waals surface area contributed by atoms with Gasteiger partial charge in [-0.25, -0.2) is 4.39 Å². The lowest BCUT2D eigenvalue weighted by molar-refractivity contribution is 0.181. The van der Waals surface area contributed by atoms with Gasteiger partial charge in [-0.3, -0.25) is 4.99 Å². The number of likely N-dealkylation sites (tertiary alicyclic amines) is 1. The van der Waals surface area contributed by atoms with Crippen molar-refractivity contribution in [1.29, 1.82) is 0 Å². The van der Waals surface area contributed by atoms with Crippen LogP contribution in [-0.2, 0) is 6.54 Å². The van der Waals surface area contributed by atoms with E-state index < -0.39 is 0 Å². The molecule has 1 fully saturated rings. The average Bonchev–Trinajstić information content (AvgIpc) is 2.58. The molecule has 0 amide bonds. The van der Waals surface area contributed by atoms with Gasteiger partial charge in [0.25, 0.3) is 0 Å². The Hall–Kier alpha value is -1.62. The molecule has 1 unspecified atom stereocenters. The zero-order valence-corrected chi connectivity index (χ0v) is 16.0. The number of unbranched alkanes of at least 4 members (excludes halogenated alkanes) is 1. The molecule has 0 spiro atoms. The average molecular weight is 349 g/mol. The number of halogens is 1. The van der Waals surface area contributed by atoms with Crippen LogP contribution in [0.2, 0.25) is 0 Å². The van der Waals surface area contributed by atoms with E-state index >= 15 is 0 Å². The summed E-state index contributed by atoms with van der Waals surface area (Å²) in [6, 6.07) is 6.73. The first-order chi connectivity index (χ1) is 12.1. The molecule has 1 aliphatic rings. The molecule has 1 heterocycles. The van der Waals surface area contributed by atoms with Crippen LogP contribution in [0.15, 0.2) is 29.3 Å². The highest BCUT2D eigenvalue weighted by Crippen LogP contribution is 2.15. The Morgan fingerprint density at radius 1 is 1.40 bits per heavy atom. The summed E-state index contributed by atoms with van der Waals surface area (Å²) in [5.74, 6) is 1.51. The van der Waals surface area contributed by atoms with Gasteiger partial charge < -0.3 is 15.1 Å². The van der Waals surface area contributed by atoms with Gasteiger partial charge in [0.1, 0.15) is 5.82 Å². The number of benzene rings is 1. The second-order valence-electron chi connectivity index (χ2n) is 7.22. The summed E-state index contributed by atoms with van der Waals surface area (Å²) in [6.45, 7) is 7.63. The number of nitrogens with zero attached hydrogens (tertiary/aromatic N) is 3. The highest BCUT2D eigenvalue weighted by Gasteiger charge is 2.15. The number of piperidine rings is 1. The van der Waals surface area contributed by atoms with Crippen LogP contribution in [0, 0.1) is 11.7 Å². The Kier molecular flexibility index (Phi) is 8.19. The highest BCUT2D eigenvalue weighted by molar-refractivity contribution is 5.79. The molecule has 4 nitrogen and oxygen atoms in total. The van der Waals surface area contributed by atoms with E-state index in [1.165, 1.54) is 45.0 Å². The molecule has 1 aromatic carbocycles. The molecule has 0 aliphatic carbocycles. The Morgan fingerprint density at radius 3 is 2.96 bits per heavy atom. The summed E-state index contributed by atoms with van der Waals surface area (Å²) < 4.78 is 13.3. The first-order valence-corrected chi connectivity index (χ1v) is 9.47. The molecule has 1 aromatic rings. The standard InChI is InChI=1S/C20H33FN4/c1-17-8-7-13-25(15-17)12-5-4-11-23-20(22-2)24(3)16-18-9-6-10-19(21)14-18/h6,9-10,14,17H,4-5,7-8,11-13,15-16H2,1-3H3,(H,22,23). The second kappa shape index (κ2) is 10.4. The second-order valence-corrected chi connectivity index (χ2v) is 7.22. The molecular weight excluding hydrogens is 315 g/mol. The van der Waals surface area contributed by atoms with Crippen molar-refractivity contribution >= 4 is 5.96 Å². The maximum Gasteiger partial charge on any atom is 0.193 e. The molecule has 2 rings (SSSR count). The first kappa shape index (κ1) is 19.7. The zero-order valence-electron chi connectivity index (χ0n) is 16.0. The minimum Gasteiger partial charge on any atom is -0.356 e. The fourth-order valence-electron chi connectivity index (χ4n) is 3.52. The summed E-state index contributed by atoms with van der Waals surface area (Å²) >= 11 is 0. The van der Waals surface area contributed by atoms with Crippen LogP contribution in [-0.4, -0.2) is 56.0 Å². The monoisotopic (exact) mass is 348 g/mol. The molecule has 0 aromatic heterocycles. The van der Waals surface area contributed by atoms with Gasteiger partial charge in [-0.2, -0.15) is 0 Å². The third-order valence-electron chi connectivity index (χ3n) is 4.81. The van der Waals surface area contributed by atoms with E-state index in [9.17, 15) is 4.39 Å². The van der Waals surface area contributed by atoms with Gasteiger partial charge in [-0.05, 0) is 62.4 Å². The molecule has 0 bridgehead atoms. The van der Waals surface area contributed by atoms with Crippen LogP contribution < -0.4 is 5.32 Å². The molecule has 1 aliphatic heterocycles. The number of hydrogen-bond acceptors (Lipinski definition) is 2. The van der Waals surface area contributed by atoms with E-state index in [4.69, 9.17) is 0 Å². The SMILES string of the molecule is CN=C(NCCCCN1CCCC(C)C1)N(C)Cc1cccc(F)c1. The van der Waals surface area contributed by atoms with Crippen LogP contribution in [0.1, 0.15) is 38.2 Å². The molecule has 1 atom stereocenters. The van der Waals surface area contributed by atoms with Gasteiger partial charge in [0.2, 0.25) is 0 Å². The van der Waals surface area contributed by atoms with Crippen molar-refractivity contribution in [3.05, 3.63) is 35.6 Å². The van der Waals surface area contributed by atoms with E-state index in [1.54, 1.807) is 19.2 Å². The number of rotatable bonds is 7. The van der Waals surface area contributed by atoms with Gasteiger partial charge in [-0.1, -0.05) is 19.1 Å². The third-order valence-corrected chi connectivity index (χ3v) is 4.81. The van der Waals surface area contributed by atoms with Crippen molar-refractivity contribution in [3.8, 4) is 0 Å². The number of guanidine groups is 1. The van der Waals surface area contributed by atoms with Crippen LogP contribution in [0.3, 0.4) is 0 Å². The van der Waals surface area contributed by atoms with Crippen LogP contribution >= 0.6 is 0 Å². The van der Waals surface area contributed by atoms with E-state index in [-0.39, 0.29) is 5.82 Å². The summed E-state index contributed by atoms with van der Waals surface area (Å²) in [5.41, 5.74) is 0.949. The summed E-state index contributed by atoms with van der Waals surface area (Å²) in [6.07, 6.45) is 5.07. The lowest BCUT2D eigenvalue weighted by Gasteiger charge is -2.30. The summed E-state index contributed by atoms with van der Waals surface area (Å²) in [5, 5.41) is 3.41. The fraction of sp³-hybridized carbons (Fsp3) is 0.650. The van der Waals surface area contributed by atoms with Crippen LogP contribution in [0.5, 0.6) is 0 Å². The first-order valence-electron chi connectivity index (χ1n) is 9.47. The lowest BCUT2D eigenvalue weighted by atomic mass is 10.0. The number of nitrogens with one attached hydrogen (secondary N) is 1. The van der Waals surface area contributed by atoms with E-state index in [1.807, 2.05) is 18.0 Å². The number of aliphatic imine (C=N–C) groups is 1. The maximum atomic E-state index is 13.3. The van der Waals surface area contributed by atoms with Crippen molar-refractivity contribution in [2.45, 2.75) is 39.2 Å². The van der Waals surface area contributed by atoms with Crippen LogP contribution in [0.25, 0.3) is 0 Å². The Morgan fingerprint density at radius 2 is 2.24 bits per heavy atom. The van der Waals surface area contributed by atoms with Crippen molar-refractivity contribution < 1.29 is 4.39 Å². The normalized spacial score (nSPS) is 19.0. The van der Waals surface area contributed by atoms with E-state index in [0.717, 1.165) is 30.4 Å². The van der Waals surface area contributed by atoms with Gasteiger partial charge in [0, 0.05) is 33.7 Å². The van der Waals surface area contributed by atoms with E-state index in [2.05, 4.69) is 22.1 Å². The van der Waals surface area contributed by atoms with Gasteiger partial charge in [0.05, 0.1) is 0 Å². The minimum atomic E-state index is -0.194. The quantitative estimate of drug-likeness (QED) is 0.466. The molecule has 25 heavy (non-hydrogen) atoms. The van der Waals surface area contributed by atoms with Crippen molar-refractivity contribution in [2.75, 3.05) is 40.3 Å². The van der Waals surface area contributed by atoms with Crippen molar-refractivity contribution in [1.82, 2.24) is 15.1 Å². The number of hydrogen-bond donors (Lipinski definition) is 1. The third kappa shape index (κ3) is 7.02. The molecule has 5 heteroatoms. The summed E-state index contributed by atoms with van der Waals surface area (Å²) in [4.78, 5) is 8.96. The van der Waals surface area contributed by atoms with Gasteiger partial charge in [0.15, 0.2) is 5.96 Å². The molecular formula is C20H33FN4. The predicted molar refractivity (Wildman–Crippen MR) is 103 cm³/mol. The predicted octanol–water partition coefficient (Wildman–Crippen LogP) is 3.35. The Bertz CT molecular complexity index is 546. The van der Waals surface area contributed by atoms with E-state index in [0.29, 0.717) is 6.54 Å². The van der Waals surface area contributed by atoms with Crippen LogP contribution in [0.4, 0.5) is 4.39 Å². The lowest BCUT2D eigenvalue weighted by Crippen LogP contribution is -2.39. The maximum absolute atomic E-state index is 13.3. The molecule has 1 N–H and O–H groups in total. The fourth-order valence-corrected chi connectivity index (χ4v) is 3.52. The molecule has 0 radical (unpaired) electrons. The molecule has 140 valence electrons.